The smallest absolute Gasteiger partial charge is 0.303 e. The summed E-state index contributed by atoms with van der Waals surface area (Å²) in [5.41, 5.74) is 0.561. The number of oxazole rings is 1. The summed E-state index contributed by atoms with van der Waals surface area (Å²) in [6, 6.07) is 0. The Morgan fingerprint density at radius 3 is 2.93 bits per heavy atom. The van der Waals surface area contributed by atoms with Crippen molar-refractivity contribution in [3.05, 3.63) is 18.4 Å². The second-order valence-corrected chi connectivity index (χ2v) is 3.00. The van der Waals surface area contributed by atoms with Crippen LogP contribution in [-0.2, 0) is 16.0 Å². The Hall–Kier alpha value is -1.85. The van der Waals surface area contributed by atoms with Gasteiger partial charge in [-0.25, -0.2) is 4.98 Å². The van der Waals surface area contributed by atoms with Crippen molar-refractivity contribution in [2.24, 2.45) is 0 Å². The lowest BCUT2D eigenvalue weighted by Gasteiger charge is -2.01. The van der Waals surface area contributed by atoms with Crippen molar-refractivity contribution < 1.29 is 19.1 Å². The van der Waals surface area contributed by atoms with Gasteiger partial charge in [0.05, 0.1) is 12.1 Å². The van der Waals surface area contributed by atoms with Crippen LogP contribution in [0.3, 0.4) is 0 Å². The Bertz CT molecular complexity index is 321. The summed E-state index contributed by atoms with van der Waals surface area (Å²) < 4.78 is 4.70. The fourth-order valence-electron chi connectivity index (χ4n) is 1.02. The molecule has 0 unspecified atom stereocenters. The largest absolute Gasteiger partial charge is 0.481 e. The zero-order valence-corrected chi connectivity index (χ0v) is 8.10. The van der Waals surface area contributed by atoms with Crippen LogP contribution in [0.2, 0.25) is 0 Å². The minimum Gasteiger partial charge on any atom is -0.481 e. The summed E-state index contributed by atoms with van der Waals surface area (Å²) in [6.07, 6.45) is 3.30. The number of carbonyl (C=O) groups excluding carboxylic acids is 1. The normalized spacial score (nSPS) is 9.87. The van der Waals surface area contributed by atoms with Gasteiger partial charge in [-0.1, -0.05) is 0 Å². The van der Waals surface area contributed by atoms with Gasteiger partial charge in [0.2, 0.25) is 5.91 Å². The molecule has 6 heteroatoms. The van der Waals surface area contributed by atoms with E-state index in [-0.39, 0.29) is 18.7 Å². The molecule has 2 N–H and O–H groups in total. The fraction of sp³-hybridized carbons (Fsp3) is 0.444. The summed E-state index contributed by atoms with van der Waals surface area (Å²) in [4.78, 5) is 25.2. The SMILES string of the molecule is O=C(O)CCCNC(=O)Cc1cocn1. The highest BCUT2D eigenvalue weighted by Crippen LogP contribution is 1.95. The Kier molecular flexibility index (Phi) is 4.33. The number of hydrogen-bond donors (Lipinski definition) is 2. The van der Waals surface area contributed by atoms with Gasteiger partial charge in [-0.15, -0.1) is 0 Å². The standard InChI is InChI=1S/C9H12N2O4/c12-8(4-7-5-15-6-11-7)10-3-1-2-9(13)14/h5-6H,1-4H2,(H,10,12)(H,13,14). The van der Waals surface area contributed by atoms with Gasteiger partial charge in [-0.2, -0.15) is 0 Å². The van der Waals surface area contributed by atoms with Crippen molar-refractivity contribution in [2.45, 2.75) is 19.3 Å². The van der Waals surface area contributed by atoms with E-state index in [0.29, 0.717) is 18.7 Å². The molecule has 1 heterocycles. The van der Waals surface area contributed by atoms with Crippen molar-refractivity contribution in [2.75, 3.05) is 6.54 Å². The fourth-order valence-corrected chi connectivity index (χ4v) is 1.02. The third-order valence-electron chi connectivity index (χ3n) is 1.71. The van der Waals surface area contributed by atoms with E-state index in [4.69, 9.17) is 9.52 Å². The van der Waals surface area contributed by atoms with Crippen molar-refractivity contribution in [1.29, 1.82) is 0 Å². The second kappa shape index (κ2) is 5.79. The van der Waals surface area contributed by atoms with E-state index in [2.05, 4.69) is 10.3 Å². The zero-order chi connectivity index (χ0) is 11.1. The monoisotopic (exact) mass is 212 g/mol. The van der Waals surface area contributed by atoms with E-state index in [0.717, 1.165) is 0 Å². The minimum atomic E-state index is -0.860. The Morgan fingerprint density at radius 2 is 2.33 bits per heavy atom. The number of aliphatic carboxylic acids is 1. The van der Waals surface area contributed by atoms with E-state index >= 15 is 0 Å². The molecule has 0 aliphatic heterocycles. The van der Waals surface area contributed by atoms with Gasteiger partial charge in [0, 0.05) is 13.0 Å². The van der Waals surface area contributed by atoms with E-state index in [1.165, 1.54) is 12.7 Å². The molecule has 0 aromatic carbocycles. The van der Waals surface area contributed by atoms with E-state index in [9.17, 15) is 9.59 Å². The average Bonchev–Trinajstić information content (AvgIpc) is 2.64. The third-order valence-corrected chi connectivity index (χ3v) is 1.71. The summed E-state index contributed by atoms with van der Waals surface area (Å²) >= 11 is 0. The van der Waals surface area contributed by atoms with E-state index < -0.39 is 5.97 Å². The first-order valence-corrected chi connectivity index (χ1v) is 4.54. The molecule has 1 aromatic heterocycles. The lowest BCUT2D eigenvalue weighted by molar-refractivity contribution is -0.137. The lowest BCUT2D eigenvalue weighted by Crippen LogP contribution is -2.26. The van der Waals surface area contributed by atoms with Gasteiger partial charge in [0.15, 0.2) is 6.39 Å². The van der Waals surface area contributed by atoms with Gasteiger partial charge in [0.25, 0.3) is 0 Å². The molecule has 0 saturated heterocycles. The number of aromatic nitrogens is 1. The zero-order valence-electron chi connectivity index (χ0n) is 8.10. The maximum atomic E-state index is 11.2. The number of carboxylic acid groups (broad SMARTS) is 1. The molecule has 0 aliphatic rings. The summed E-state index contributed by atoms with van der Waals surface area (Å²) in [7, 11) is 0. The lowest BCUT2D eigenvalue weighted by atomic mass is 10.3. The minimum absolute atomic E-state index is 0.0598. The van der Waals surface area contributed by atoms with Crippen LogP contribution in [0, 0.1) is 0 Å². The molecule has 1 rings (SSSR count). The molecule has 15 heavy (non-hydrogen) atoms. The molecule has 82 valence electrons. The maximum absolute atomic E-state index is 11.2. The predicted octanol–water partition coefficient (Wildman–Crippen LogP) is 0.198. The molecule has 1 aromatic rings. The van der Waals surface area contributed by atoms with Crippen molar-refractivity contribution >= 4 is 11.9 Å². The number of carbonyl (C=O) groups is 2. The Balaban J connectivity index is 2.11. The Labute approximate surface area is 86.3 Å². The van der Waals surface area contributed by atoms with Crippen LogP contribution in [0.1, 0.15) is 18.5 Å². The highest BCUT2D eigenvalue weighted by Gasteiger charge is 2.05. The van der Waals surface area contributed by atoms with Crippen LogP contribution >= 0.6 is 0 Å². The second-order valence-electron chi connectivity index (χ2n) is 3.00. The molecule has 0 spiro atoms. The van der Waals surface area contributed by atoms with Crippen LogP contribution in [0.25, 0.3) is 0 Å². The van der Waals surface area contributed by atoms with Crippen LogP contribution in [-0.4, -0.2) is 28.5 Å². The van der Waals surface area contributed by atoms with Crippen molar-refractivity contribution in [1.82, 2.24) is 10.3 Å². The van der Waals surface area contributed by atoms with Crippen LogP contribution in [0.15, 0.2) is 17.1 Å². The predicted molar refractivity (Wildman–Crippen MR) is 50.1 cm³/mol. The third kappa shape index (κ3) is 4.80. The first-order chi connectivity index (χ1) is 7.18. The molecule has 0 aliphatic carbocycles. The van der Waals surface area contributed by atoms with Crippen molar-refractivity contribution in [3.63, 3.8) is 0 Å². The molecule has 0 fully saturated rings. The van der Waals surface area contributed by atoms with Gasteiger partial charge < -0.3 is 14.8 Å². The number of hydrogen-bond acceptors (Lipinski definition) is 4. The van der Waals surface area contributed by atoms with Gasteiger partial charge in [0.1, 0.15) is 6.26 Å². The van der Waals surface area contributed by atoms with Crippen LogP contribution in [0.4, 0.5) is 0 Å². The van der Waals surface area contributed by atoms with Crippen LogP contribution < -0.4 is 5.32 Å². The number of amides is 1. The molecule has 1 amide bonds. The number of carboxylic acids is 1. The molecular formula is C9H12N2O4. The molecule has 0 radical (unpaired) electrons. The maximum Gasteiger partial charge on any atom is 0.303 e. The summed E-state index contributed by atoms with van der Waals surface area (Å²) in [6.45, 7) is 0.364. The number of nitrogens with one attached hydrogen (secondary N) is 1. The first kappa shape index (κ1) is 11.2. The molecule has 0 saturated carbocycles. The average molecular weight is 212 g/mol. The molecule has 0 atom stereocenters. The summed E-state index contributed by atoms with van der Waals surface area (Å²) in [5, 5.41) is 10.9. The first-order valence-electron chi connectivity index (χ1n) is 4.54. The van der Waals surface area contributed by atoms with Gasteiger partial charge >= 0.3 is 5.97 Å². The topological polar surface area (TPSA) is 92.4 Å². The highest BCUT2D eigenvalue weighted by atomic mass is 16.4. The quantitative estimate of drug-likeness (QED) is 0.657. The van der Waals surface area contributed by atoms with E-state index in [1.54, 1.807) is 0 Å². The number of rotatable bonds is 6. The Morgan fingerprint density at radius 1 is 1.53 bits per heavy atom. The molecule has 6 nitrogen and oxygen atoms in total. The van der Waals surface area contributed by atoms with Crippen molar-refractivity contribution in [3.8, 4) is 0 Å². The highest BCUT2D eigenvalue weighted by molar-refractivity contribution is 5.78. The van der Waals surface area contributed by atoms with Gasteiger partial charge in [-0.05, 0) is 6.42 Å². The number of nitrogens with zero attached hydrogens (tertiary/aromatic N) is 1. The molecule has 0 bridgehead atoms. The van der Waals surface area contributed by atoms with Gasteiger partial charge in [-0.3, -0.25) is 9.59 Å². The molecular weight excluding hydrogens is 200 g/mol. The van der Waals surface area contributed by atoms with Crippen LogP contribution in [0.5, 0.6) is 0 Å². The van der Waals surface area contributed by atoms with E-state index in [1.807, 2.05) is 0 Å². The summed E-state index contributed by atoms with van der Waals surface area (Å²) in [5.74, 6) is -1.05.